The Balaban J connectivity index is 1.57. The Morgan fingerprint density at radius 3 is 2.64 bits per heavy atom. The standard InChI is InChI=1S/C18H23NO3/c20-16-13-15(18(22-16)10-5-2-6-11-18)17(21)19-12-9-14-7-3-1-4-8-14/h1,3-4,7-8,15H,2,5-6,9-13H2,(H,19,21)/t15-/m1/s1. The minimum atomic E-state index is -0.522. The van der Waals surface area contributed by atoms with Crippen molar-refractivity contribution < 1.29 is 14.3 Å². The van der Waals surface area contributed by atoms with E-state index in [0.717, 1.165) is 32.1 Å². The zero-order valence-electron chi connectivity index (χ0n) is 12.8. The zero-order chi connectivity index (χ0) is 15.4. The number of nitrogens with one attached hydrogen (secondary N) is 1. The number of carbonyl (C=O) groups excluding carboxylic acids is 2. The first kappa shape index (κ1) is 15.1. The third-order valence-corrected chi connectivity index (χ3v) is 4.90. The van der Waals surface area contributed by atoms with Crippen LogP contribution in [0.15, 0.2) is 30.3 Å². The van der Waals surface area contributed by atoms with Gasteiger partial charge in [-0.1, -0.05) is 36.8 Å². The molecule has 4 heteroatoms. The van der Waals surface area contributed by atoms with Crippen molar-refractivity contribution in [1.82, 2.24) is 5.32 Å². The van der Waals surface area contributed by atoms with E-state index in [4.69, 9.17) is 4.74 Å². The molecular weight excluding hydrogens is 278 g/mol. The average molecular weight is 301 g/mol. The van der Waals surface area contributed by atoms with Crippen molar-refractivity contribution in [2.45, 2.75) is 50.5 Å². The Bertz CT molecular complexity index is 535. The van der Waals surface area contributed by atoms with Gasteiger partial charge in [0.25, 0.3) is 0 Å². The number of amides is 1. The highest BCUT2D eigenvalue weighted by molar-refractivity contribution is 5.87. The molecule has 2 aliphatic rings. The van der Waals surface area contributed by atoms with Crippen LogP contribution >= 0.6 is 0 Å². The molecule has 1 saturated heterocycles. The molecule has 1 aliphatic carbocycles. The summed E-state index contributed by atoms with van der Waals surface area (Å²) >= 11 is 0. The van der Waals surface area contributed by atoms with Crippen LogP contribution < -0.4 is 5.32 Å². The number of benzene rings is 1. The van der Waals surface area contributed by atoms with Gasteiger partial charge in [-0.25, -0.2) is 0 Å². The van der Waals surface area contributed by atoms with E-state index in [0.29, 0.717) is 6.54 Å². The van der Waals surface area contributed by atoms with Crippen molar-refractivity contribution in [3.8, 4) is 0 Å². The number of rotatable bonds is 4. The molecule has 0 bridgehead atoms. The molecule has 1 amide bonds. The third kappa shape index (κ3) is 3.16. The van der Waals surface area contributed by atoms with Crippen LogP contribution in [0.2, 0.25) is 0 Å². The first-order chi connectivity index (χ1) is 10.7. The molecule has 1 aromatic carbocycles. The molecule has 1 heterocycles. The van der Waals surface area contributed by atoms with Crippen LogP contribution in [-0.2, 0) is 20.7 Å². The lowest BCUT2D eigenvalue weighted by Crippen LogP contribution is -2.46. The maximum atomic E-state index is 12.5. The second kappa shape index (κ2) is 6.51. The number of carbonyl (C=O) groups is 2. The molecule has 1 spiro atoms. The van der Waals surface area contributed by atoms with Crippen LogP contribution in [-0.4, -0.2) is 24.0 Å². The van der Waals surface area contributed by atoms with Gasteiger partial charge in [-0.05, 0) is 37.7 Å². The van der Waals surface area contributed by atoms with Crippen molar-refractivity contribution in [3.05, 3.63) is 35.9 Å². The molecule has 3 rings (SSSR count). The van der Waals surface area contributed by atoms with Gasteiger partial charge in [0.2, 0.25) is 5.91 Å². The first-order valence-electron chi connectivity index (χ1n) is 8.23. The van der Waals surface area contributed by atoms with Crippen LogP contribution in [0.5, 0.6) is 0 Å². The zero-order valence-corrected chi connectivity index (χ0v) is 12.8. The van der Waals surface area contributed by atoms with Crippen molar-refractivity contribution in [1.29, 1.82) is 0 Å². The molecule has 118 valence electrons. The summed E-state index contributed by atoms with van der Waals surface area (Å²) in [6, 6.07) is 10.1. The van der Waals surface area contributed by atoms with Crippen LogP contribution in [0.1, 0.15) is 44.1 Å². The highest BCUT2D eigenvalue weighted by Gasteiger charge is 2.52. The number of esters is 1. The minimum absolute atomic E-state index is 0.0244. The van der Waals surface area contributed by atoms with Gasteiger partial charge < -0.3 is 10.1 Å². The molecule has 22 heavy (non-hydrogen) atoms. The summed E-state index contributed by atoms with van der Waals surface area (Å²) in [6.07, 6.45) is 5.95. The van der Waals surface area contributed by atoms with E-state index < -0.39 is 5.60 Å². The van der Waals surface area contributed by atoms with E-state index in [1.807, 2.05) is 18.2 Å². The van der Waals surface area contributed by atoms with Gasteiger partial charge in [0.05, 0.1) is 12.3 Å². The Hall–Kier alpha value is -1.84. The van der Waals surface area contributed by atoms with Crippen molar-refractivity contribution in [3.63, 3.8) is 0 Å². The monoisotopic (exact) mass is 301 g/mol. The fraction of sp³-hybridized carbons (Fsp3) is 0.556. The smallest absolute Gasteiger partial charge is 0.307 e. The molecule has 1 saturated carbocycles. The van der Waals surface area contributed by atoms with Crippen molar-refractivity contribution in [2.75, 3.05) is 6.54 Å². The van der Waals surface area contributed by atoms with Crippen LogP contribution in [0.25, 0.3) is 0 Å². The molecule has 1 aromatic rings. The van der Waals surface area contributed by atoms with E-state index in [9.17, 15) is 9.59 Å². The van der Waals surface area contributed by atoms with Gasteiger partial charge in [-0.2, -0.15) is 0 Å². The van der Waals surface area contributed by atoms with Gasteiger partial charge >= 0.3 is 5.97 Å². The molecule has 0 radical (unpaired) electrons. The van der Waals surface area contributed by atoms with E-state index >= 15 is 0 Å². The molecule has 0 unspecified atom stereocenters. The normalized spacial score (nSPS) is 23.3. The Morgan fingerprint density at radius 2 is 1.91 bits per heavy atom. The summed E-state index contributed by atoms with van der Waals surface area (Å²) in [5.74, 6) is -0.551. The molecule has 0 aromatic heterocycles. The predicted molar refractivity (Wildman–Crippen MR) is 83.2 cm³/mol. The number of hydrogen-bond donors (Lipinski definition) is 1. The highest BCUT2D eigenvalue weighted by atomic mass is 16.6. The largest absolute Gasteiger partial charge is 0.458 e. The van der Waals surface area contributed by atoms with Crippen LogP contribution in [0, 0.1) is 5.92 Å². The number of ether oxygens (including phenoxy) is 1. The summed E-state index contributed by atoms with van der Waals surface area (Å²) < 4.78 is 5.59. The third-order valence-electron chi connectivity index (χ3n) is 4.90. The number of hydrogen-bond acceptors (Lipinski definition) is 3. The van der Waals surface area contributed by atoms with Crippen LogP contribution in [0.4, 0.5) is 0 Å². The van der Waals surface area contributed by atoms with Gasteiger partial charge in [0, 0.05) is 6.54 Å². The second-order valence-electron chi connectivity index (χ2n) is 6.38. The summed E-state index contributed by atoms with van der Waals surface area (Å²) in [4.78, 5) is 24.2. The fourth-order valence-electron chi connectivity index (χ4n) is 3.72. The molecule has 1 N–H and O–H groups in total. The summed E-state index contributed by atoms with van der Waals surface area (Å²) in [5.41, 5.74) is 0.681. The SMILES string of the molecule is O=C1C[C@H](C(=O)NCCc2ccccc2)C2(CCCCC2)O1. The minimum Gasteiger partial charge on any atom is -0.458 e. The predicted octanol–water partition coefficient (Wildman–Crippen LogP) is 2.61. The van der Waals surface area contributed by atoms with Crippen molar-refractivity contribution in [2.24, 2.45) is 5.92 Å². The lowest BCUT2D eigenvalue weighted by atomic mass is 9.75. The Labute approximate surface area is 131 Å². The Kier molecular flexibility index (Phi) is 4.46. The summed E-state index contributed by atoms with van der Waals surface area (Å²) in [6.45, 7) is 0.601. The summed E-state index contributed by atoms with van der Waals surface area (Å²) in [7, 11) is 0. The molecule has 1 aliphatic heterocycles. The van der Waals surface area contributed by atoms with Gasteiger partial charge in [-0.3, -0.25) is 9.59 Å². The van der Waals surface area contributed by atoms with Crippen LogP contribution in [0.3, 0.4) is 0 Å². The molecular formula is C18H23NO3. The quantitative estimate of drug-likeness (QED) is 0.870. The lowest BCUT2D eigenvalue weighted by Gasteiger charge is -2.36. The lowest BCUT2D eigenvalue weighted by molar-refractivity contribution is -0.153. The second-order valence-corrected chi connectivity index (χ2v) is 6.38. The van der Waals surface area contributed by atoms with E-state index in [1.54, 1.807) is 0 Å². The van der Waals surface area contributed by atoms with E-state index in [2.05, 4.69) is 17.4 Å². The maximum Gasteiger partial charge on any atom is 0.307 e. The molecule has 2 fully saturated rings. The first-order valence-corrected chi connectivity index (χ1v) is 8.23. The topological polar surface area (TPSA) is 55.4 Å². The highest BCUT2D eigenvalue weighted by Crippen LogP contribution is 2.44. The van der Waals surface area contributed by atoms with Gasteiger partial charge in [-0.15, -0.1) is 0 Å². The maximum absolute atomic E-state index is 12.5. The summed E-state index contributed by atoms with van der Waals surface area (Å²) in [5, 5.41) is 2.99. The fourth-order valence-corrected chi connectivity index (χ4v) is 3.72. The van der Waals surface area contributed by atoms with E-state index in [1.165, 1.54) is 12.0 Å². The average Bonchev–Trinajstić information content (AvgIpc) is 2.85. The van der Waals surface area contributed by atoms with E-state index in [-0.39, 0.29) is 24.2 Å². The van der Waals surface area contributed by atoms with Crippen molar-refractivity contribution >= 4 is 11.9 Å². The Morgan fingerprint density at radius 1 is 1.18 bits per heavy atom. The van der Waals surface area contributed by atoms with Gasteiger partial charge in [0.1, 0.15) is 5.60 Å². The molecule has 1 atom stereocenters. The van der Waals surface area contributed by atoms with Gasteiger partial charge in [0.15, 0.2) is 0 Å². The molecule has 4 nitrogen and oxygen atoms in total.